The lowest BCUT2D eigenvalue weighted by molar-refractivity contribution is 0.279. The van der Waals surface area contributed by atoms with E-state index in [4.69, 9.17) is 5.11 Å². The molecule has 1 N–H and O–H groups in total. The molecule has 0 atom stereocenters. The number of hydrogen-bond acceptors (Lipinski definition) is 3. The van der Waals surface area contributed by atoms with Crippen molar-refractivity contribution in [3.05, 3.63) is 23.8 Å². The molecule has 0 bridgehead atoms. The van der Waals surface area contributed by atoms with Crippen LogP contribution in [0.2, 0.25) is 0 Å². The largest absolute Gasteiger partial charge is 0.392 e. The Morgan fingerprint density at radius 1 is 1.18 bits per heavy atom. The maximum absolute atomic E-state index is 8.95. The van der Waals surface area contributed by atoms with Gasteiger partial charge in [-0.2, -0.15) is 0 Å². The molecule has 1 saturated carbocycles. The third kappa shape index (κ3) is 3.25. The molecule has 0 radical (unpaired) electrons. The Balaban J connectivity index is 1.91. The molecule has 3 nitrogen and oxygen atoms in total. The molecule has 17 heavy (non-hydrogen) atoms. The van der Waals surface area contributed by atoms with Crippen LogP contribution in [0.4, 0.5) is 0 Å². The van der Waals surface area contributed by atoms with E-state index in [-0.39, 0.29) is 6.61 Å². The number of hydrogen-bond donors (Lipinski definition) is 1. The fourth-order valence-corrected chi connectivity index (χ4v) is 2.77. The predicted molar refractivity (Wildman–Crippen MR) is 67.6 cm³/mol. The highest BCUT2D eigenvalue weighted by Crippen LogP contribution is 2.35. The maximum atomic E-state index is 8.95. The summed E-state index contributed by atoms with van der Waals surface area (Å²) in [5, 5.41) is 8.95. The zero-order chi connectivity index (χ0) is 12.1. The Morgan fingerprint density at radius 3 is 2.35 bits per heavy atom. The number of aliphatic hydroxyl groups excluding tert-OH is 1. The van der Waals surface area contributed by atoms with Crippen LogP contribution in [0.25, 0.3) is 0 Å². The zero-order valence-corrected chi connectivity index (χ0v) is 10.6. The molecule has 0 saturated heterocycles. The number of aromatic nitrogens is 2. The molecule has 2 rings (SSSR count). The summed E-state index contributed by atoms with van der Waals surface area (Å²) in [6.07, 6.45) is 11.3. The van der Waals surface area contributed by atoms with Crippen molar-refractivity contribution in [2.75, 3.05) is 0 Å². The molecular weight excluding hydrogens is 212 g/mol. The molecule has 0 unspecified atom stereocenters. The third-order valence-electron chi connectivity index (χ3n) is 3.82. The van der Waals surface area contributed by atoms with E-state index in [1.165, 1.54) is 38.5 Å². The number of rotatable bonds is 4. The molecule has 3 heteroatoms. The molecule has 0 spiro atoms. The maximum Gasteiger partial charge on any atom is 0.131 e. The van der Waals surface area contributed by atoms with Crippen molar-refractivity contribution in [3.8, 4) is 0 Å². The zero-order valence-electron chi connectivity index (χ0n) is 10.6. The van der Waals surface area contributed by atoms with E-state index < -0.39 is 0 Å². The van der Waals surface area contributed by atoms with Crippen molar-refractivity contribution < 1.29 is 5.11 Å². The van der Waals surface area contributed by atoms with Crippen LogP contribution in [0, 0.1) is 5.92 Å². The lowest BCUT2D eigenvalue weighted by Crippen LogP contribution is -2.15. The van der Waals surface area contributed by atoms with Crippen LogP contribution in [0.1, 0.15) is 62.8 Å². The number of aliphatic hydroxyl groups is 1. The first-order valence-corrected chi connectivity index (χ1v) is 6.75. The van der Waals surface area contributed by atoms with Crippen LogP contribution >= 0.6 is 0 Å². The standard InChI is InChI=1S/C14H22N2O/c1-2-3-11-4-6-13(7-5-11)14-15-8-12(10-17)9-16-14/h8-9,11,13,17H,2-7,10H2,1H3. The van der Waals surface area contributed by atoms with Crippen molar-refractivity contribution in [1.29, 1.82) is 0 Å². The van der Waals surface area contributed by atoms with Crippen LogP contribution in [-0.2, 0) is 6.61 Å². The van der Waals surface area contributed by atoms with Gasteiger partial charge in [-0.3, -0.25) is 0 Å². The van der Waals surface area contributed by atoms with E-state index in [2.05, 4.69) is 16.9 Å². The van der Waals surface area contributed by atoms with Gasteiger partial charge >= 0.3 is 0 Å². The summed E-state index contributed by atoms with van der Waals surface area (Å²) in [6, 6.07) is 0. The quantitative estimate of drug-likeness (QED) is 0.871. The average Bonchev–Trinajstić information content (AvgIpc) is 2.40. The second kappa shape index (κ2) is 6.10. The summed E-state index contributed by atoms with van der Waals surface area (Å²) in [7, 11) is 0. The van der Waals surface area contributed by atoms with Gasteiger partial charge in [-0.05, 0) is 31.6 Å². The van der Waals surface area contributed by atoms with E-state index >= 15 is 0 Å². The van der Waals surface area contributed by atoms with Gasteiger partial charge in [-0.15, -0.1) is 0 Å². The van der Waals surface area contributed by atoms with Gasteiger partial charge in [0.05, 0.1) is 6.61 Å². The minimum absolute atomic E-state index is 0.0313. The van der Waals surface area contributed by atoms with E-state index in [9.17, 15) is 0 Å². The second-order valence-corrected chi connectivity index (χ2v) is 5.11. The monoisotopic (exact) mass is 234 g/mol. The Hall–Kier alpha value is -0.960. The van der Waals surface area contributed by atoms with Gasteiger partial charge in [0.15, 0.2) is 0 Å². The van der Waals surface area contributed by atoms with Gasteiger partial charge in [-0.1, -0.05) is 19.8 Å². The first kappa shape index (κ1) is 12.5. The highest BCUT2D eigenvalue weighted by molar-refractivity contribution is 5.06. The smallest absolute Gasteiger partial charge is 0.131 e. The van der Waals surface area contributed by atoms with E-state index in [0.717, 1.165) is 17.3 Å². The topological polar surface area (TPSA) is 46.0 Å². The predicted octanol–water partition coefficient (Wildman–Crippen LogP) is 3.04. The van der Waals surface area contributed by atoms with Crippen molar-refractivity contribution in [2.45, 2.75) is 58.0 Å². The van der Waals surface area contributed by atoms with E-state index in [0.29, 0.717) is 5.92 Å². The average molecular weight is 234 g/mol. The summed E-state index contributed by atoms with van der Waals surface area (Å²) >= 11 is 0. The molecule has 1 aromatic rings. The fraction of sp³-hybridized carbons (Fsp3) is 0.714. The molecule has 0 aromatic carbocycles. The minimum atomic E-state index is 0.0313. The molecular formula is C14H22N2O. The Morgan fingerprint density at radius 2 is 1.82 bits per heavy atom. The lowest BCUT2D eigenvalue weighted by Gasteiger charge is -2.27. The Labute approximate surface area is 103 Å². The molecule has 1 aromatic heterocycles. The SMILES string of the molecule is CCCC1CCC(c2ncc(CO)cn2)CC1. The molecule has 1 heterocycles. The van der Waals surface area contributed by atoms with Gasteiger partial charge in [0.1, 0.15) is 5.82 Å². The van der Waals surface area contributed by atoms with Gasteiger partial charge in [0.2, 0.25) is 0 Å². The van der Waals surface area contributed by atoms with Crippen molar-refractivity contribution in [2.24, 2.45) is 5.92 Å². The Kier molecular flexibility index (Phi) is 4.49. The highest BCUT2D eigenvalue weighted by atomic mass is 16.3. The normalized spacial score (nSPS) is 24.8. The van der Waals surface area contributed by atoms with Crippen molar-refractivity contribution >= 4 is 0 Å². The number of nitrogens with zero attached hydrogens (tertiary/aromatic N) is 2. The molecule has 0 aliphatic heterocycles. The van der Waals surface area contributed by atoms with Gasteiger partial charge < -0.3 is 5.11 Å². The fourth-order valence-electron chi connectivity index (χ4n) is 2.77. The molecule has 1 aliphatic rings. The second-order valence-electron chi connectivity index (χ2n) is 5.11. The summed E-state index contributed by atoms with van der Waals surface area (Å²) < 4.78 is 0. The van der Waals surface area contributed by atoms with Crippen LogP contribution in [-0.4, -0.2) is 15.1 Å². The Bertz CT molecular complexity index is 329. The molecule has 0 amide bonds. The van der Waals surface area contributed by atoms with Crippen molar-refractivity contribution in [1.82, 2.24) is 9.97 Å². The first-order valence-electron chi connectivity index (χ1n) is 6.75. The van der Waals surface area contributed by atoms with Crippen LogP contribution in [0.5, 0.6) is 0 Å². The molecule has 1 aliphatic carbocycles. The summed E-state index contributed by atoms with van der Waals surface area (Å²) in [4.78, 5) is 8.75. The van der Waals surface area contributed by atoms with Gasteiger partial charge in [0, 0.05) is 23.9 Å². The molecule has 94 valence electrons. The first-order chi connectivity index (χ1) is 8.33. The van der Waals surface area contributed by atoms with Crippen LogP contribution < -0.4 is 0 Å². The summed E-state index contributed by atoms with van der Waals surface area (Å²) in [5.74, 6) is 2.43. The van der Waals surface area contributed by atoms with Gasteiger partial charge in [0.25, 0.3) is 0 Å². The van der Waals surface area contributed by atoms with Crippen LogP contribution in [0.3, 0.4) is 0 Å². The third-order valence-corrected chi connectivity index (χ3v) is 3.82. The van der Waals surface area contributed by atoms with E-state index in [1.807, 2.05) is 0 Å². The van der Waals surface area contributed by atoms with Gasteiger partial charge in [-0.25, -0.2) is 9.97 Å². The van der Waals surface area contributed by atoms with Crippen LogP contribution in [0.15, 0.2) is 12.4 Å². The molecule has 1 fully saturated rings. The van der Waals surface area contributed by atoms with E-state index in [1.54, 1.807) is 12.4 Å². The van der Waals surface area contributed by atoms with Crippen molar-refractivity contribution in [3.63, 3.8) is 0 Å². The lowest BCUT2D eigenvalue weighted by atomic mass is 9.80. The summed E-state index contributed by atoms with van der Waals surface area (Å²) in [5.41, 5.74) is 0.799. The summed E-state index contributed by atoms with van der Waals surface area (Å²) in [6.45, 7) is 2.30. The minimum Gasteiger partial charge on any atom is -0.392 e. The highest BCUT2D eigenvalue weighted by Gasteiger charge is 2.23.